The minimum atomic E-state index is -4.29. The summed E-state index contributed by atoms with van der Waals surface area (Å²) >= 11 is 0. The topological polar surface area (TPSA) is 30.9 Å². The summed E-state index contributed by atoms with van der Waals surface area (Å²) in [7, 11) is 3.63. The molecular formula is C19H27F3N4. The van der Waals surface area contributed by atoms with E-state index in [0.717, 1.165) is 42.8 Å². The number of nitrogens with one attached hydrogen (secondary N) is 1. The van der Waals surface area contributed by atoms with Crippen LogP contribution < -0.4 is 5.32 Å². The van der Waals surface area contributed by atoms with Crippen LogP contribution in [0.15, 0.2) is 29.3 Å². The van der Waals surface area contributed by atoms with E-state index in [1.807, 2.05) is 11.9 Å². The summed E-state index contributed by atoms with van der Waals surface area (Å²) in [5.74, 6) is 1.40. The van der Waals surface area contributed by atoms with Gasteiger partial charge in [0.05, 0.1) is 5.56 Å². The molecule has 0 bridgehead atoms. The first kappa shape index (κ1) is 19.0. The summed E-state index contributed by atoms with van der Waals surface area (Å²) in [5.41, 5.74) is 0.206. The van der Waals surface area contributed by atoms with Gasteiger partial charge in [-0.3, -0.25) is 4.99 Å². The molecule has 4 nitrogen and oxygen atoms in total. The Morgan fingerprint density at radius 3 is 2.50 bits per heavy atom. The average molecular weight is 368 g/mol. The first-order chi connectivity index (χ1) is 12.4. The normalized spacial score (nSPS) is 21.9. The predicted molar refractivity (Wildman–Crippen MR) is 97.0 cm³/mol. The van der Waals surface area contributed by atoms with Crippen LogP contribution in [-0.2, 0) is 12.7 Å². The van der Waals surface area contributed by atoms with Gasteiger partial charge in [-0.2, -0.15) is 13.2 Å². The highest BCUT2D eigenvalue weighted by Crippen LogP contribution is 2.31. The van der Waals surface area contributed by atoms with Crippen molar-refractivity contribution in [1.29, 1.82) is 0 Å². The second-order valence-corrected chi connectivity index (χ2v) is 7.36. The fraction of sp³-hybridized carbons (Fsp3) is 0.632. The minimum absolute atomic E-state index is 0.511. The third kappa shape index (κ3) is 4.90. The van der Waals surface area contributed by atoms with Crippen molar-refractivity contribution in [2.75, 3.05) is 33.7 Å². The summed E-state index contributed by atoms with van der Waals surface area (Å²) in [4.78, 5) is 8.83. The number of halogens is 3. The summed E-state index contributed by atoms with van der Waals surface area (Å²) in [6.07, 6.45) is -0.393. The molecular weight excluding hydrogens is 341 g/mol. The molecule has 1 saturated carbocycles. The number of likely N-dealkylation sites (tertiary alicyclic amines) is 1. The van der Waals surface area contributed by atoms with E-state index in [-0.39, 0.29) is 0 Å². The molecule has 1 unspecified atom stereocenters. The monoisotopic (exact) mass is 368 g/mol. The van der Waals surface area contributed by atoms with Gasteiger partial charge < -0.3 is 15.1 Å². The molecule has 144 valence electrons. The van der Waals surface area contributed by atoms with Gasteiger partial charge in [0.15, 0.2) is 5.96 Å². The van der Waals surface area contributed by atoms with E-state index in [0.29, 0.717) is 12.5 Å². The van der Waals surface area contributed by atoms with Crippen molar-refractivity contribution >= 4 is 5.96 Å². The molecule has 1 aromatic rings. The standard InChI is InChI=1S/C19H27F3N4/c1-23-18(24-11-15-9-10-26(13-15)17-7-8-17)25(2)12-14-3-5-16(6-4-14)19(20,21)22/h3-6,15,17H,7-13H2,1-2H3,(H,23,24). The number of guanidine groups is 1. The first-order valence-electron chi connectivity index (χ1n) is 9.19. The minimum Gasteiger partial charge on any atom is -0.356 e. The zero-order chi connectivity index (χ0) is 18.7. The van der Waals surface area contributed by atoms with Gasteiger partial charge in [-0.1, -0.05) is 12.1 Å². The molecule has 0 aromatic heterocycles. The summed E-state index contributed by atoms with van der Waals surface area (Å²) in [6, 6.07) is 6.13. The van der Waals surface area contributed by atoms with Crippen molar-refractivity contribution in [2.24, 2.45) is 10.9 Å². The zero-order valence-electron chi connectivity index (χ0n) is 15.4. The third-order valence-electron chi connectivity index (χ3n) is 5.20. The van der Waals surface area contributed by atoms with Crippen LogP contribution in [0.25, 0.3) is 0 Å². The van der Waals surface area contributed by atoms with Crippen LogP contribution in [0, 0.1) is 5.92 Å². The van der Waals surface area contributed by atoms with Crippen LogP contribution in [0.3, 0.4) is 0 Å². The van der Waals surface area contributed by atoms with Gasteiger partial charge in [0.2, 0.25) is 0 Å². The smallest absolute Gasteiger partial charge is 0.356 e. The molecule has 1 N–H and O–H groups in total. The summed E-state index contributed by atoms with van der Waals surface area (Å²) in [5, 5.41) is 3.42. The highest BCUT2D eigenvalue weighted by Gasteiger charge is 2.34. The Morgan fingerprint density at radius 1 is 1.23 bits per heavy atom. The molecule has 1 aromatic carbocycles. The van der Waals surface area contributed by atoms with Gasteiger partial charge in [-0.25, -0.2) is 0 Å². The van der Waals surface area contributed by atoms with E-state index >= 15 is 0 Å². The van der Waals surface area contributed by atoms with E-state index in [1.54, 1.807) is 7.05 Å². The predicted octanol–water partition coefficient (Wildman–Crippen LogP) is 3.20. The van der Waals surface area contributed by atoms with E-state index in [2.05, 4.69) is 15.2 Å². The van der Waals surface area contributed by atoms with Gasteiger partial charge in [0.1, 0.15) is 0 Å². The molecule has 0 radical (unpaired) electrons. The van der Waals surface area contributed by atoms with Crippen LogP contribution >= 0.6 is 0 Å². The zero-order valence-corrected chi connectivity index (χ0v) is 15.4. The van der Waals surface area contributed by atoms with Crippen molar-refractivity contribution in [3.05, 3.63) is 35.4 Å². The molecule has 1 aliphatic heterocycles. The Kier molecular flexibility index (Phi) is 5.75. The van der Waals surface area contributed by atoms with Crippen molar-refractivity contribution in [3.63, 3.8) is 0 Å². The molecule has 1 aliphatic carbocycles. The Morgan fingerprint density at radius 2 is 1.92 bits per heavy atom. The Bertz CT molecular complexity index is 623. The van der Waals surface area contributed by atoms with Crippen molar-refractivity contribution in [3.8, 4) is 0 Å². The van der Waals surface area contributed by atoms with Gasteiger partial charge in [-0.15, -0.1) is 0 Å². The fourth-order valence-corrected chi connectivity index (χ4v) is 3.57. The largest absolute Gasteiger partial charge is 0.416 e. The van der Waals surface area contributed by atoms with Gasteiger partial charge in [0, 0.05) is 39.8 Å². The molecule has 7 heteroatoms. The van der Waals surface area contributed by atoms with E-state index in [1.165, 1.54) is 37.9 Å². The SMILES string of the molecule is CN=C(NCC1CCN(C2CC2)C1)N(C)Cc1ccc(C(F)(F)F)cc1. The van der Waals surface area contributed by atoms with Gasteiger partial charge in [-0.05, 0) is 49.4 Å². The van der Waals surface area contributed by atoms with Crippen LogP contribution in [0.1, 0.15) is 30.4 Å². The van der Waals surface area contributed by atoms with Crippen molar-refractivity contribution < 1.29 is 13.2 Å². The Balaban J connectivity index is 1.48. The summed E-state index contributed by atoms with van der Waals surface area (Å²) in [6.45, 7) is 3.73. The fourth-order valence-electron chi connectivity index (χ4n) is 3.57. The highest BCUT2D eigenvalue weighted by molar-refractivity contribution is 5.79. The van der Waals surface area contributed by atoms with E-state index in [9.17, 15) is 13.2 Å². The molecule has 0 spiro atoms. The number of hydrogen-bond acceptors (Lipinski definition) is 2. The quantitative estimate of drug-likeness (QED) is 0.640. The van der Waals surface area contributed by atoms with Crippen molar-refractivity contribution in [2.45, 2.75) is 38.0 Å². The van der Waals surface area contributed by atoms with Crippen LogP contribution in [0.2, 0.25) is 0 Å². The average Bonchev–Trinajstić information content (AvgIpc) is 3.34. The molecule has 2 aliphatic rings. The van der Waals surface area contributed by atoms with E-state index in [4.69, 9.17) is 0 Å². The number of alkyl halides is 3. The Hall–Kier alpha value is -1.76. The highest BCUT2D eigenvalue weighted by atomic mass is 19.4. The first-order valence-corrected chi connectivity index (χ1v) is 9.19. The maximum absolute atomic E-state index is 12.7. The van der Waals surface area contributed by atoms with Gasteiger partial charge in [0.25, 0.3) is 0 Å². The number of benzene rings is 1. The lowest BCUT2D eigenvalue weighted by atomic mass is 10.1. The lowest BCUT2D eigenvalue weighted by molar-refractivity contribution is -0.137. The number of hydrogen-bond donors (Lipinski definition) is 1. The molecule has 26 heavy (non-hydrogen) atoms. The van der Waals surface area contributed by atoms with Crippen LogP contribution in [-0.4, -0.2) is 55.5 Å². The molecule has 2 fully saturated rings. The molecule has 1 saturated heterocycles. The molecule has 1 atom stereocenters. The molecule has 3 rings (SSSR count). The molecule has 0 amide bonds. The van der Waals surface area contributed by atoms with Crippen LogP contribution in [0.5, 0.6) is 0 Å². The van der Waals surface area contributed by atoms with E-state index < -0.39 is 11.7 Å². The number of aliphatic imine (C=N–C) groups is 1. The second kappa shape index (κ2) is 7.86. The second-order valence-electron chi connectivity index (χ2n) is 7.36. The van der Waals surface area contributed by atoms with Gasteiger partial charge >= 0.3 is 6.18 Å². The maximum Gasteiger partial charge on any atom is 0.416 e. The summed E-state index contributed by atoms with van der Waals surface area (Å²) < 4.78 is 38.0. The number of nitrogens with zero attached hydrogens (tertiary/aromatic N) is 3. The lowest BCUT2D eigenvalue weighted by Gasteiger charge is -2.24. The number of rotatable bonds is 5. The van der Waals surface area contributed by atoms with Crippen LogP contribution in [0.4, 0.5) is 13.2 Å². The maximum atomic E-state index is 12.7. The van der Waals surface area contributed by atoms with Crippen molar-refractivity contribution in [1.82, 2.24) is 15.1 Å². The third-order valence-corrected chi connectivity index (χ3v) is 5.20. The molecule has 1 heterocycles. The lowest BCUT2D eigenvalue weighted by Crippen LogP contribution is -2.41. The Labute approximate surface area is 153 Å².